The average Bonchev–Trinajstić information content (AvgIpc) is 3.61. The largest absolute Gasteiger partial charge is 0.378 e. The summed E-state index contributed by atoms with van der Waals surface area (Å²) in [6, 6.07) is 1.56. The first-order valence-electron chi connectivity index (χ1n) is 15.1. The third kappa shape index (κ3) is 10.3. The van der Waals surface area contributed by atoms with E-state index in [1.165, 1.54) is 32.1 Å². The molecule has 0 aromatic rings. The van der Waals surface area contributed by atoms with Crippen molar-refractivity contribution in [1.82, 2.24) is 31.5 Å². The summed E-state index contributed by atoms with van der Waals surface area (Å²) in [5, 5.41) is 14.1. The minimum absolute atomic E-state index is 0.0467. The summed E-state index contributed by atoms with van der Waals surface area (Å²) in [6.07, 6.45) is 10.0. The molecule has 224 valence electrons. The predicted octanol–water partition coefficient (Wildman–Crippen LogP) is 1.64. The summed E-state index contributed by atoms with van der Waals surface area (Å²) >= 11 is 1.92. The van der Waals surface area contributed by atoms with Gasteiger partial charge < -0.3 is 30.2 Å². The number of ether oxygens (including phenoxy) is 3. The quantitative estimate of drug-likeness (QED) is 0.144. The Kier molecular flexibility index (Phi) is 13.4. The van der Waals surface area contributed by atoms with E-state index >= 15 is 0 Å². The van der Waals surface area contributed by atoms with Crippen molar-refractivity contribution in [2.24, 2.45) is 0 Å². The maximum atomic E-state index is 12.0. The number of nitrogens with one attached hydrogen (secondary N) is 4. The van der Waals surface area contributed by atoms with Crippen LogP contribution in [0.5, 0.6) is 0 Å². The van der Waals surface area contributed by atoms with Crippen molar-refractivity contribution in [1.29, 1.82) is 0 Å². The maximum absolute atomic E-state index is 12.0. The maximum Gasteiger partial charge on any atom is 0.315 e. The molecular formula is C27H50N6O5S. The molecule has 0 radical (unpaired) electrons. The van der Waals surface area contributed by atoms with Crippen LogP contribution < -0.4 is 21.4 Å². The fourth-order valence-electron chi connectivity index (χ4n) is 5.95. The number of urea groups is 1. The van der Waals surface area contributed by atoms with Gasteiger partial charge in [0.2, 0.25) is 5.91 Å². The molecule has 4 fully saturated rings. The van der Waals surface area contributed by atoms with Gasteiger partial charge in [-0.15, -0.1) is 0 Å². The highest BCUT2D eigenvalue weighted by molar-refractivity contribution is 8.00. The first-order valence-corrected chi connectivity index (χ1v) is 16.1. The number of hydrogen-bond donors (Lipinski definition) is 4. The van der Waals surface area contributed by atoms with Gasteiger partial charge in [-0.05, 0) is 32.6 Å². The second-order valence-corrected chi connectivity index (χ2v) is 12.4. The van der Waals surface area contributed by atoms with Crippen molar-refractivity contribution in [3.8, 4) is 0 Å². The van der Waals surface area contributed by atoms with Crippen LogP contribution in [0.1, 0.15) is 64.7 Å². The number of thioether (sulfide) groups is 1. The zero-order chi connectivity index (χ0) is 27.3. The highest BCUT2D eigenvalue weighted by Gasteiger charge is 2.42. The Bertz CT molecular complexity index is 745. The second kappa shape index (κ2) is 17.0. The fraction of sp³-hybridized carbons (Fsp3) is 0.926. The topological polar surface area (TPSA) is 116 Å². The van der Waals surface area contributed by atoms with Crippen molar-refractivity contribution < 1.29 is 23.8 Å². The molecule has 3 aliphatic heterocycles. The summed E-state index contributed by atoms with van der Waals surface area (Å²) in [6.45, 7) is 8.07. The van der Waals surface area contributed by atoms with Crippen LogP contribution in [0.4, 0.5) is 4.79 Å². The van der Waals surface area contributed by atoms with E-state index in [0.29, 0.717) is 69.9 Å². The Balaban J connectivity index is 0.896. The van der Waals surface area contributed by atoms with E-state index in [9.17, 15) is 9.59 Å². The van der Waals surface area contributed by atoms with Crippen LogP contribution in [0.25, 0.3) is 0 Å². The number of amides is 3. The molecule has 4 rings (SSSR count). The van der Waals surface area contributed by atoms with Gasteiger partial charge in [0, 0.05) is 49.1 Å². The highest BCUT2D eigenvalue weighted by Crippen LogP contribution is 2.33. The van der Waals surface area contributed by atoms with Crippen LogP contribution in [-0.2, 0) is 19.0 Å². The molecule has 3 heterocycles. The summed E-state index contributed by atoms with van der Waals surface area (Å²) in [4.78, 5) is 23.5. The first kappa shape index (κ1) is 30.8. The zero-order valence-electron chi connectivity index (χ0n) is 23.7. The average molecular weight is 571 g/mol. The lowest BCUT2D eigenvalue weighted by Crippen LogP contribution is -2.50. The third-order valence-corrected chi connectivity index (χ3v) is 9.46. The molecule has 39 heavy (non-hydrogen) atoms. The van der Waals surface area contributed by atoms with Crippen LogP contribution >= 0.6 is 11.8 Å². The third-order valence-electron chi connectivity index (χ3n) is 7.95. The van der Waals surface area contributed by atoms with Gasteiger partial charge in [0.15, 0.2) is 0 Å². The number of carbonyl (C=O) groups is 2. The van der Waals surface area contributed by atoms with Gasteiger partial charge in [-0.3, -0.25) is 4.79 Å². The molecular weight excluding hydrogens is 520 g/mol. The van der Waals surface area contributed by atoms with E-state index in [1.807, 2.05) is 11.8 Å². The van der Waals surface area contributed by atoms with E-state index in [4.69, 9.17) is 14.2 Å². The van der Waals surface area contributed by atoms with Gasteiger partial charge in [0.25, 0.3) is 0 Å². The normalized spacial score (nSPS) is 28.0. The van der Waals surface area contributed by atoms with Crippen molar-refractivity contribution in [2.75, 3.05) is 65.0 Å². The minimum atomic E-state index is -0.0467. The highest BCUT2D eigenvalue weighted by atomic mass is 32.2. The molecule has 4 aliphatic rings. The molecule has 3 amide bonds. The lowest BCUT2D eigenvalue weighted by atomic mass is 9.96. The van der Waals surface area contributed by atoms with Crippen molar-refractivity contribution in [2.45, 2.75) is 94.1 Å². The van der Waals surface area contributed by atoms with Crippen molar-refractivity contribution >= 4 is 23.7 Å². The molecule has 12 heteroatoms. The Morgan fingerprint density at radius 2 is 1.74 bits per heavy atom. The molecule has 1 aliphatic carbocycles. The number of hydrogen-bond acceptors (Lipinski definition) is 9. The standard InChI is InChI=1S/C27H50N6O5S/c1-21-19-32(33(31-21)22-7-3-2-4-8-22)12-14-37-16-18-38-17-15-36-13-11-28-25(34)10-6-5-9-24-26-23(20-39-24)29-27(35)30-26/h21-24,26,31H,2-20H2,1H3,(H,28,34)(H2,29,30,35)/t21?,23?,24-,26?/m1/s1. The Morgan fingerprint density at radius 1 is 1.00 bits per heavy atom. The summed E-state index contributed by atoms with van der Waals surface area (Å²) in [5.74, 6) is 1.05. The first-order chi connectivity index (χ1) is 19.1. The summed E-state index contributed by atoms with van der Waals surface area (Å²) < 4.78 is 17.0. The van der Waals surface area contributed by atoms with Gasteiger partial charge in [-0.2, -0.15) is 16.9 Å². The van der Waals surface area contributed by atoms with Gasteiger partial charge in [-0.1, -0.05) is 25.7 Å². The predicted molar refractivity (Wildman–Crippen MR) is 152 cm³/mol. The fourth-order valence-corrected chi connectivity index (χ4v) is 7.49. The van der Waals surface area contributed by atoms with E-state index in [0.717, 1.165) is 38.1 Å². The number of fused-ring (bicyclic) bond motifs is 1. The summed E-state index contributed by atoms with van der Waals surface area (Å²) in [7, 11) is 0. The van der Waals surface area contributed by atoms with Crippen molar-refractivity contribution in [3.63, 3.8) is 0 Å². The van der Waals surface area contributed by atoms with E-state index < -0.39 is 0 Å². The van der Waals surface area contributed by atoms with Crippen LogP contribution in [0.2, 0.25) is 0 Å². The molecule has 4 N–H and O–H groups in total. The van der Waals surface area contributed by atoms with Crippen LogP contribution in [0.3, 0.4) is 0 Å². The molecule has 3 unspecified atom stereocenters. The monoisotopic (exact) mass is 570 g/mol. The van der Waals surface area contributed by atoms with Crippen LogP contribution in [-0.4, -0.2) is 117 Å². The Morgan fingerprint density at radius 3 is 2.54 bits per heavy atom. The molecule has 11 nitrogen and oxygen atoms in total. The summed E-state index contributed by atoms with van der Waals surface area (Å²) in [5.41, 5.74) is 3.63. The number of carbonyl (C=O) groups excluding carboxylic acids is 2. The van der Waals surface area contributed by atoms with Crippen molar-refractivity contribution in [3.05, 3.63) is 0 Å². The van der Waals surface area contributed by atoms with Gasteiger partial charge in [0.1, 0.15) is 0 Å². The van der Waals surface area contributed by atoms with Crippen LogP contribution in [0, 0.1) is 0 Å². The second-order valence-electron chi connectivity index (χ2n) is 11.1. The number of rotatable bonds is 18. The van der Waals surface area contributed by atoms with E-state index in [-0.39, 0.29) is 24.0 Å². The number of nitrogens with zero attached hydrogens (tertiary/aromatic N) is 2. The van der Waals surface area contributed by atoms with E-state index in [2.05, 4.69) is 38.4 Å². The Hall–Kier alpha value is -1.15. The smallest absolute Gasteiger partial charge is 0.315 e. The zero-order valence-corrected chi connectivity index (χ0v) is 24.5. The molecule has 0 spiro atoms. The SMILES string of the molecule is CC1CN(CCOCCOCCOCCNC(=O)CCCC[C@H]2SCC3NC(=O)NC32)N(C2CCCCC2)N1. The van der Waals surface area contributed by atoms with Gasteiger partial charge >= 0.3 is 6.03 Å². The Labute approximate surface area is 238 Å². The molecule has 0 aromatic carbocycles. The molecule has 1 saturated carbocycles. The molecule has 3 saturated heterocycles. The number of hydrazine groups is 2. The minimum Gasteiger partial charge on any atom is -0.378 e. The lowest BCUT2D eigenvalue weighted by Gasteiger charge is -2.36. The molecule has 0 bridgehead atoms. The molecule has 4 atom stereocenters. The molecule has 0 aromatic heterocycles. The van der Waals surface area contributed by atoms with Gasteiger partial charge in [-0.25, -0.2) is 15.2 Å². The van der Waals surface area contributed by atoms with Gasteiger partial charge in [0.05, 0.1) is 51.7 Å². The van der Waals surface area contributed by atoms with Crippen LogP contribution in [0.15, 0.2) is 0 Å². The number of unbranched alkanes of at least 4 members (excludes halogenated alkanes) is 1. The lowest BCUT2D eigenvalue weighted by molar-refractivity contribution is -0.121. The van der Waals surface area contributed by atoms with E-state index in [1.54, 1.807) is 0 Å².